The number of halogens is 1. The zero-order valence-electron chi connectivity index (χ0n) is 8.61. The van der Waals surface area contributed by atoms with Crippen molar-refractivity contribution in [1.82, 2.24) is 0 Å². The number of aromatic hydroxyl groups is 1. The van der Waals surface area contributed by atoms with Crippen LogP contribution in [0.3, 0.4) is 0 Å². The molecule has 0 fully saturated rings. The van der Waals surface area contributed by atoms with Gasteiger partial charge >= 0.3 is 0 Å². The van der Waals surface area contributed by atoms with Gasteiger partial charge in [-0.15, -0.1) is 11.6 Å². The first-order valence-electron chi connectivity index (χ1n) is 4.76. The van der Waals surface area contributed by atoms with Crippen LogP contribution in [0.5, 0.6) is 5.75 Å². The quantitative estimate of drug-likeness (QED) is 0.803. The van der Waals surface area contributed by atoms with Gasteiger partial charge in [0.2, 0.25) is 5.91 Å². The lowest BCUT2D eigenvalue weighted by atomic mass is 10.2. The topological polar surface area (TPSA) is 40.5 Å². The first kappa shape index (κ1) is 11.9. The Hall–Kier alpha value is -1.22. The van der Waals surface area contributed by atoms with Gasteiger partial charge in [-0.1, -0.05) is 0 Å². The molecule has 15 heavy (non-hydrogen) atoms. The van der Waals surface area contributed by atoms with Crippen LogP contribution in [0.4, 0.5) is 5.69 Å². The van der Waals surface area contributed by atoms with Crippen molar-refractivity contribution in [2.75, 3.05) is 17.8 Å². The highest BCUT2D eigenvalue weighted by Crippen LogP contribution is 2.17. The summed E-state index contributed by atoms with van der Waals surface area (Å²) >= 11 is 5.51. The van der Waals surface area contributed by atoms with Crippen LogP contribution in [0.1, 0.15) is 12.8 Å². The molecule has 1 rings (SSSR count). The summed E-state index contributed by atoms with van der Waals surface area (Å²) in [5.74, 6) is 0.719. The highest BCUT2D eigenvalue weighted by atomic mass is 35.5. The lowest BCUT2D eigenvalue weighted by molar-refractivity contribution is -0.118. The number of hydrogen-bond donors (Lipinski definition) is 1. The van der Waals surface area contributed by atoms with E-state index in [2.05, 4.69) is 0 Å². The third-order valence-corrected chi connectivity index (χ3v) is 2.40. The van der Waals surface area contributed by atoms with Gasteiger partial charge in [0, 0.05) is 25.0 Å². The highest BCUT2D eigenvalue weighted by Gasteiger charge is 2.09. The van der Waals surface area contributed by atoms with Crippen LogP contribution in [0.15, 0.2) is 24.3 Å². The summed E-state index contributed by atoms with van der Waals surface area (Å²) in [6, 6.07) is 6.52. The maximum Gasteiger partial charge on any atom is 0.226 e. The van der Waals surface area contributed by atoms with Gasteiger partial charge in [0.05, 0.1) is 0 Å². The third-order valence-electron chi connectivity index (χ3n) is 2.14. The minimum absolute atomic E-state index is 0.0290. The average molecular weight is 228 g/mol. The lowest BCUT2D eigenvalue weighted by Crippen LogP contribution is -2.25. The fraction of sp³-hybridized carbons (Fsp3) is 0.364. The maximum absolute atomic E-state index is 11.6. The number of carbonyl (C=O) groups excluding carboxylic acids is 1. The smallest absolute Gasteiger partial charge is 0.226 e. The number of benzene rings is 1. The fourth-order valence-electron chi connectivity index (χ4n) is 1.21. The van der Waals surface area contributed by atoms with Crippen molar-refractivity contribution in [3.8, 4) is 5.75 Å². The Morgan fingerprint density at radius 3 is 2.53 bits per heavy atom. The van der Waals surface area contributed by atoms with Gasteiger partial charge in [0.25, 0.3) is 0 Å². The van der Waals surface area contributed by atoms with E-state index >= 15 is 0 Å². The molecule has 0 radical (unpaired) electrons. The molecule has 4 heteroatoms. The molecule has 0 aliphatic rings. The molecule has 0 aliphatic heterocycles. The molecule has 0 aromatic heterocycles. The summed E-state index contributed by atoms with van der Waals surface area (Å²) in [7, 11) is 1.71. The average Bonchev–Trinajstić information content (AvgIpc) is 2.26. The van der Waals surface area contributed by atoms with E-state index in [9.17, 15) is 4.79 Å². The van der Waals surface area contributed by atoms with Gasteiger partial charge in [-0.2, -0.15) is 0 Å². The Morgan fingerprint density at radius 2 is 2.00 bits per heavy atom. The molecule has 0 atom stereocenters. The van der Waals surface area contributed by atoms with Crippen molar-refractivity contribution >= 4 is 23.2 Å². The molecule has 82 valence electrons. The molecular weight excluding hydrogens is 214 g/mol. The van der Waals surface area contributed by atoms with Crippen LogP contribution in [-0.4, -0.2) is 23.9 Å². The molecule has 0 unspecified atom stereocenters. The van der Waals surface area contributed by atoms with Gasteiger partial charge < -0.3 is 10.0 Å². The fourth-order valence-corrected chi connectivity index (χ4v) is 1.34. The second kappa shape index (κ2) is 5.61. The normalized spacial score (nSPS) is 10.0. The van der Waals surface area contributed by atoms with Gasteiger partial charge in [-0.3, -0.25) is 4.79 Å². The van der Waals surface area contributed by atoms with Crippen LogP contribution in [0.2, 0.25) is 0 Å². The predicted octanol–water partition coefficient (Wildman–Crippen LogP) is 2.37. The number of carbonyl (C=O) groups is 1. The maximum atomic E-state index is 11.6. The molecule has 0 bridgehead atoms. The largest absolute Gasteiger partial charge is 0.508 e. The van der Waals surface area contributed by atoms with Crippen LogP contribution in [-0.2, 0) is 4.79 Å². The van der Waals surface area contributed by atoms with Crippen LogP contribution in [0, 0.1) is 0 Å². The Labute approximate surface area is 94.3 Å². The van der Waals surface area contributed by atoms with Crippen molar-refractivity contribution in [3.63, 3.8) is 0 Å². The predicted molar refractivity (Wildman–Crippen MR) is 61.5 cm³/mol. The second-order valence-corrected chi connectivity index (χ2v) is 3.64. The first-order chi connectivity index (χ1) is 7.15. The molecule has 0 saturated carbocycles. The number of rotatable bonds is 4. The van der Waals surface area contributed by atoms with E-state index in [1.807, 2.05) is 0 Å². The lowest BCUT2D eigenvalue weighted by Gasteiger charge is -2.16. The number of phenols is 1. The van der Waals surface area contributed by atoms with Crippen LogP contribution in [0.25, 0.3) is 0 Å². The summed E-state index contributed by atoms with van der Waals surface area (Å²) < 4.78 is 0. The molecule has 0 aliphatic carbocycles. The molecule has 1 aromatic carbocycles. The van der Waals surface area contributed by atoms with Crippen molar-refractivity contribution in [2.45, 2.75) is 12.8 Å². The van der Waals surface area contributed by atoms with E-state index in [-0.39, 0.29) is 11.7 Å². The number of anilines is 1. The van der Waals surface area contributed by atoms with E-state index in [1.165, 1.54) is 0 Å². The highest BCUT2D eigenvalue weighted by molar-refractivity contribution is 6.18. The van der Waals surface area contributed by atoms with Crippen LogP contribution >= 0.6 is 11.6 Å². The van der Waals surface area contributed by atoms with Gasteiger partial charge in [-0.25, -0.2) is 0 Å². The number of hydrogen-bond acceptors (Lipinski definition) is 2. The molecule has 1 aromatic rings. The Morgan fingerprint density at radius 1 is 1.40 bits per heavy atom. The van der Waals surface area contributed by atoms with Crippen molar-refractivity contribution < 1.29 is 9.90 Å². The minimum Gasteiger partial charge on any atom is -0.508 e. The van der Waals surface area contributed by atoms with Crippen molar-refractivity contribution in [3.05, 3.63) is 24.3 Å². The monoisotopic (exact) mass is 227 g/mol. The second-order valence-electron chi connectivity index (χ2n) is 3.26. The molecule has 3 nitrogen and oxygen atoms in total. The van der Waals surface area contributed by atoms with Gasteiger partial charge in [0.1, 0.15) is 5.75 Å². The standard InChI is InChI=1S/C11H14ClNO2/c1-13(11(15)3-2-8-12)9-4-6-10(14)7-5-9/h4-7,14H,2-3,8H2,1H3. The Bertz CT molecular complexity index is 324. The van der Waals surface area contributed by atoms with E-state index in [1.54, 1.807) is 36.2 Å². The number of phenolic OH excluding ortho intramolecular Hbond substituents is 1. The van der Waals surface area contributed by atoms with Crippen molar-refractivity contribution in [1.29, 1.82) is 0 Å². The Balaban J connectivity index is 2.63. The number of amides is 1. The van der Waals surface area contributed by atoms with Crippen molar-refractivity contribution in [2.24, 2.45) is 0 Å². The van der Waals surface area contributed by atoms with Crippen LogP contribution < -0.4 is 4.90 Å². The molecule has 1 N–H and O–H groups in total. The Kier molecular flexibility index (Phi) is 4.43. The number of nitrogens with zero attached hydrogens (tertiary/aromatic N) is 1. The summed E-state index contributed by atoms with van der Waals surface area (Å²) in [4.78, 5) is 13.2. The molecular formula is C11H14ClNO2. The van der Waals surface area contributed by atoms with E-state index < -0.39 is 0 Å². The molecule has 0 saturated heterocycles. The molecule has 0 spiro atoms. The van der Waals surface area contributed by atoms with Gasteiger partial charge in [-0.05, 0) is 30.7 Å². The zero-order chi connectivity index (χ0) is 11.3. The molecule has 1 amide bonds. The number of alkyl halides is 1. The van der Waals surface area contributed by atoms with E-state index in [4.69, 9.17) is 16.7 Å². The summed E-state index contributed by atoms with van der Waals surface area (Å²) in [6.45, 7) is 0. The SMILES string of the molecule is CN(C(=O)CCCCl)c1ccc(O)cc1. The van der Waals surface area contributed by atoms with Gasteiger partial charge in [0.15, 0.2) is 0 Å². The molecule has 0 heterocycles. The van der Waals surface area contributed by atoms with E-state index in [0.717, 1.165) is 5.69 Å². The summed E-state index contributed by atoms with van der Waals surface area (Å²) in [5.41, 5.74) is 0.771. The summed E-state index contributed by atoms with van der Waals surface area (Å²) in [5, 5.41) is 9.10. The summed E-state index contributed by atoms with van der Waals surface area (Å²) in [6.07, 6.45) is 1.13. The van der Waals surface area contributed by atoms with E-state index in [0.29, 0.717) is 18.7 Å². The third kappa shape index (κ3) is 3.44. The minimum atomic E-state index is 0.0290. The zero-order valence-corrected chi connectivity index (χ0v) is 9.37. The first-order valence-corrected chi connectivity index (χ1v) is 5.30.